The third-order valence-electron chi connectivity index (χ3n) is 17.7. The van der Waals surface area contributed by atoms with Crippen LogP contribution in [0.2, 0.25) is 0 Å². The normalized spacial score (nSPS) is 57.9. The molecule has 320 valence electrons. The van der Waals surface area contributed by atoms with Gasteiger partial charge in [0.25, 0.3) is 0 Å². The van der Waals surface area contributed by atoms with Crippen LogP contribution in [-0.4, -0.2) is 144 Å². The van der Waals surface area contributed by atoms with Crippen LogP contribution in [-0.2, 0) is 28.5 Å². The van der Waals surface area contributed by atoms with Gasteiger partial charge >= 0.3 is 0 Å². The first-order valence-corrected chi connectivity index (χ1v) is 21.2. The second-order valence-corrected chi connectivity index (χ2v) is 21.3. The van der Waals surface area contributed by atoms with Gasteiger partial charge in [-0.3, -0.25) is 4.79 Å². The van der Waals surface area contributed by atoms with Crippen molar-refractivity contribution in [2.24, 2.45) is 44.8 Å². The maximum atomic E-state index is 14.4. The zero-order valence-corrected chi connectivity index (χ0v) is 34.3. The lowest BCUT2D eigenvalue weighted by molar-refractivity contribution is -0.376. The lowest BCUT2D eigenvalue weighted by Gasteiger charge is -2.64. The fraction of sp³-hybridized carbons (Fsp3) is 0.976. The van der Waals surface area contributed by atoms with Crippen LogP contribution in [0.25, 0.3) is 0 Å². The van der Waals surface area contributed by atoms with E-state index in [-0.39, 0.29) is 51.3 Å². The molecular weight excluding hydrogens is 728 g/mol. The van der Waals surface area contributed by atoms with Crippen molar-refractivity contribution in [3.05, 3.63) is 0 Å². The molecular formula is C42H68O14. The molecule has 8 fully saturated rings. The smallest absolute Gasteiger partial charge is 0.187 e. The Balaban J connectivity index is 1.04. The van der Waals surface area contributed by atoms with Crippen molar-refractivity contribution in [3.63, 3.8) is 0 Å². The second kappa shape index (κ2) is 13.3. The third-order valence-corrected chi connectivity index (χ3v) is 17.7. The number of hydrogen-bond donors (Lipinski definition) is 8. The molecule has 0 radical (unpaired) electrons. The predicted molar refractivity (Wildman–Crippen MR) is 197 cm³/mol. The van der Waals surface area contributed by atoms with Crippen LogP contribution in [0.3, 0.4) is 0 Å². The van der Waals surface area contributed by atoms with Gasteiger partial charge in [-0.25, -0.2) is 0 Å². The topological polar surface area (TPSA) is 225 Å². The van der Waals surface area contributed by atoms with Crippen molar-refractivity contribution in [2.75, 3.05) is 6.61 Å². The fourth-order valence-corrected chi connectivity index (χ4v) is 14.8. The first-order chi connectivity index (χ1) is 25.9. The van der Waals surface area contributed by atoms with Crippen molar-refractivity contribution in [2.45, 2.75) is 204 Å². The summed E-state index contributed by atoms with van der Waals surface area (Å²) in [6.07, 6.45) is -9.08. The Kier molecular flexibility index (Phi) is 9.96. The van der Waals surface area contributed by atoms with Gasteiger partial charge in [-0.1, -0.05) is 27.7 Å². The summed E-state index contributed by atoms with van der Waals surface area (Å²) < 4.78 is 31.1. The Bertz CT molecular complexity index is 1540. The average Bonchev–Trinajstić information content (AvgIpc) is 3.47. The maximum Gasteiger partial charge on any atom is 0.187 e. The van der Waals surface area contributed by atoms with Crippen molar-refractivity contribution in [1.82, 2.24) is 0 Å². The molecule has 21 atom stereocenters. The highest BCUT2D eigenvalue weighted by molar-refractivity contribution is 5.87. The van der Waals surface area contributed by atoms with Crippen LogP contribution >= 0.6 is 0 Å². The highest BCUT2D eigenvalue weighted by Gasteiger charge is 2.85. The van der Waals surface area contributed by atoms with Crippen molar-refractivity contribution >= 4 is 5.78 Å². The van der Waals surface area contributed by atoms with Gasteiger partial charge < -0.3 is 64.5 Å². The largest absolute Gasteiger partial charge is 0.394 e. The first kappa shape index (κ1) is 41.9. The summed E-state index contributed by atoms with van der Waals surface area (Å²) in [4.78, 5) is 14.4. The van der Waals surface area contributed by atoms with Gasteiger partial charge in [-0.15, -0.1) is 0 Å². The number of ketones is 1. The number of aliphatic hydroxyl groups excluding tert-OH is 7. The van der Waals surface area contributed by atoms with Gasteiger partial charge in [0, 0.05) is 6.42 Å². The maximum absolute atomic E-state index is 14.4. The SMILES string of the molecule is CC1OC(OC2C(OC3CCC45CC46CCC4(C)C(C7(C)CCC(C(C)(C)O)O7)C(=O)CC4(C)C6CC(O)C5C3(C)C)OC(CO)C(O)C2O)C(O)C(O)C1O. The Morgan fingerprint density at radius 2 is 1.48 bits per heavy atom. The molecule has 3 saturated heterocycles. The minimum Gasteiger partial charge on any atom is -0.394 e. The zero-order valence-electron chi connectivity index (χ0n) is 34.3. The molecule has 0 amide bonds. The van der Waals surface area contributed by atoms with Gasteiger partial charge in [0.05, 0.1) is 48.1 Å². The summed E-state index contributed by atoms with van der Waals surface area (Å²) in [5, 5.41) is 86.8. The summed E-state index contributed by atoms with van der Waals surface area (Å²) in [5.74, 6) is -0.0772. The number of aliphatic hydroxyl groups is 8. The highest BCUT2D eigenvalue weighted by atomic mass is 16.8. The molecule has 3 aliphatic heterocycles. The van der Waals surface area contributed by atoms with E-state index in [1.54, 1.807) is 13.8 Å². The van der Waals surface area contributed by atoms with Gasteiger partial charge in [-0.2, -0.15) is 0 Å². The van der Waals surface area contributed by atoms with E-state index in [9.17, 15) is 45.6 Å². The van der Waals surface area contributed by atoms with Crippen LogP contribution in [0.1, 0.15) is 113 Å². The van der Waals surface area contributed by atoms with Gasteiger partial charge in [0.2, 0.25) is 0 Å². The molecule has 0 aromatic carbocycles. The number of hydrogen-bond acceptors (Lipinski definition) is 14. The fourth-order valence-electron chi connectivity index (χ4n) is 14.8. The molecule has 5 aliphatic carbocycles. The molecule has 2 spiro atoms. The predicted octanol–water partition coefficient (Wildman–Crippen LogP) is 1.32. The van der Waals surface area contributed by atoms with E-state index in [4.69, 9.17) is 23.7 Å². The van der Waals surface area contributed by atoms with E-state index in [1.165, 1.54) is 6.92 Å². The van der Waals surface area contributed by atoms with E-state index >= 15 is 0 Å². The number of ether oxygens (including phenoxy) is 5. The molecule has 8 rings (SSSR count). The number of rotatable bonds is 7. The molecule has 8 N–H and O–H groups in total. The molecule has 14 nitrogen and oxygen atoms in total. The summed E-state index contributed by atoms with van der Waals surface area (Å²) in [5.41, 5.74) is -3.17. The number of carbonyl (C=O) groups excluding carboxylic acids is 1. The van der Waals surface area contributed by atoms with Gasteiger partial charge in [-0.05, 0) is 118 Å². The molecule has 8 aliphatic rings. The zero-order chi connectivity index (χ0) is 40.9. The second-order valence-electron chi connectivity index (χ2n) is 21.3. The lowest BCUT2D eigenvalue weighted by atomic mass is 9.41. The van der Waals surface area contributed by atoms with E-state index < -0.39 is 96.8 Å². The van der Waals surface area contributed by atoms with Gasteiger partial charge in [0.1, 0.15) is 48.5 Å². The average molecular weight is 797 g/mol. The van der Waals surface area contributed by atoms with Crippen molar-refractivity contribution in [3.8, 4) is 0 Å². The van der Waals surface area contributed by atoms with Crippen molar-refractivity contribution < 1.29 is 69.3 Å². The van der Waals surface area contributed by atoms with E-state index in [1.807, 2.05) is 0 Å². The van der Waals surface area contributed by atoms with Crippen molar-refractivity contribution in [1.29, 1.82) is 0 Å². The molecule has 56 heavy (non-hydrogen) atoms. The Morgan fingerprint density at radius 1 is 0.786 bits per heavy atom. The quantitative estimate of drug-likeness (QED) is 0.170. The van der Waals surface area contributed by atoms with E-state index in [0.29, 0.717) is 32.1 Å². The molecule has 0 aromatic rings. The minimum atomic E-state index is -1.67. The molecule has 21 unspecified atom stereocenters. The van der Waals surface area contributed by atoms with Crippen LogP contribution in [0.5, 0.6) is 0 Å². The van der Waals surface area contributed by atoms with Crippen LogP contribution < -0.4 is 0 Å². The summed E-state index contributed by atoms with van der Waals surface area (Å²) >= 11 is 0. The standard InChI is InChI=1S/C42H68O14/c1-19-26(46)28(48)30(50)34(52-19)55-31-29(49)27(47)22(17-43)53-35(31)54-24-10-12-42-18-41(42)14-13-38(6)33(40(8)11-9-25(56-40)37(4,5)51)21(45)16-39(38,7)23(41)15-20(44)32(42)36(24,2)3/h19-20,22-35,43-44,46-51H,9-18H2,1-8H3. The van der Waals surface area contributed by atoms with E-state index in [0.717, 1.165) is 25.7 Å². The molecule has 5 saturated carbocycles. The monoisotopic (exact) mass is 796 g/mol. The summed E-state index contributed by atoms with van der Waals surface area (Å²) in [6, 6.07) is 0. The molecule has 0 bridgehead atoms. The molecule has 14 heteroatoms. The van der Waals surface area contributed by atoms with Crippen LogP contribution in [0.15, 0.2) is 0 Å². The Labute approximate surface area is 330 Å². The lowest BCUT2D eigenvalue weighted by Crippen LogP contribution is -2.66. The van der Waals surface area contributed by atoms with E-state index in [2.05, 4.69) is 34.6 Å². The van der Waals surface area contributed by atoms with Crippen LogP contribution in [0, 0.1) is 44.8 Å². The summed E-state index contributed by atoms with van der Waals surface area (Å²) in [6.45, 7) is 15.3. The highest BCUT2D eigenvalue weighted by Crippen LogP contribution is 2.89. The number of fused-ring (bicyclic) bond motifs is 2. The third kappa shape index (κ3) is 5.64. The van der Waals surface area contributed by atoms with Gasteiger partial charge in [0.15, 0.2) is 12.6 Å². The summed E-state index contributed by atoms with van der Waals surface area (Å²) in [7, 11) is 0. The van der Waals surface area contributed by atoms with Crippen LogP contribution in [0.4, 0.5) is 0 Å². The Hall–Kier alpha value is -0.850. The number of Topliss-reactive ketones (excluding diaryl/α,β-unsaturated/α-hetero) is 1. The first-order valence-electron chi connectivity index (χ1n) is 21.2. The Morgan fingerprint density at radius 3 is 2.12 bits per heavy atom. The molecule has 0 aromatic heterocycles. The minimum absolute atomic E-state index is 0.0402. The molecule has 3 heterocycles. The number of carbonyl (C=O) groups is 1.